The third kappa shape index (κ3) is 1.95. The predicted octanol–water partition coefficient (Wildman–Crippen LogP) is 2.69. The van der Waals surface area contributed by atoms with E-state index in [1.807, 2.05) is 0 Å². The summed E-state index contributed by atoms with van der Waals surface area (Å²) < 4.78 is 10.4. The highest BCUT2D eigenvalue weighted by Gasteiger charge is 2.56. The van der Waals surface area contributed by atoms with Gasteiger partial charge in [0.1, 0.15) is 0 Å². The smallest absolute Gasteiger partial charge is 0.396 e. The second kappa shape index (κ2) is 4.69. The van der Waals surface area contributed by atoms with Gasteiger partial charge in [-0.05, 0) is 42.7 Å². The van der Waals surface area contributed by atoms with Gasteiger partial charge < -0.3 is 9.15 Å². The van der Waals surface area contributed by atoms with Crippen LogP contribution in [0, 0.1) is 5.92 Å². The number of esters is 1. The summed E-state index contributed by atoms with van der Waals surface area (Å²) in [5.41, 5.74) is 2.82. The van der Waals surface area contributed by atoms with Crippen molar-refractivity contribution in [2.45, 2.75) is 31.6 Å². The van der Waals surface area contributed by atoms with Gasteiger partial charge in [-0.25, -0.2) is 4.79 Å². The summed E-state index contributed by atoms with van der Waals surface area (Å²) in [6, 6.07) is 8.55. The fourth-order valence-electron chi connectivity index (χ4n) is 3.55. The first-order chi connectivity index (χ1) is 10.3. The molecular formula is C16H16N2O3. The molecule has 0 N–H and O–H groups in total. The van der Waals surface area contributed by atoms with Gasteiger partial charge in [0.25, 0.3) is 0 Å². The van der Waals surface area contributed by atoms with E-state index in [-0.39, 0.29) is 11.8 Å². The largest absolute Gasteiger partial charge is 0.459 e. The van der Waals surface area contributed by atoms with Crippen LogP contribution in [0.3, 0.4) is 0 Å². The molecule has 0 radical (unpaired) electrons. The monoisotopic (exact) mass is 284 g/mol. The SMILES string of the molecule is CCOC(=O)c1nnc(C2C3CCc4ccccc4C32)o1. The van der Waals surface area contributed by atoms with E-state index in [2.05, 4.69) is 34.5 Å². The number of aromatic nitrogens is 2. The highest BCUT2D eigenvalue weighted by molar-refractivity contribution is 5.83. The molecule has 2 aliphatic rings. The van der Waals surface area contributed by atoms with Crippen LogP contribution in [0.5, 0.6) is 0 Å². The van der Waals surface area contributed by atoms with Crippen LogP contribution in [-0.4, -0.2) is 22.8 Å². The van der Waals surface area contributed by atoms with Gasteiger partial charge >= 0.3 is 11.9 Å². The van der Waals surface area contributed by atoms with Crippen molar-refractivity contribution in [3.63, 3.8) is 0 Å². The number of hydrogen-bond donors (Lipinski definition) is 0. The Morgan fingerprint density at radius 2 is 2.19 bits per heavy atom. The van der Waals surface area contributed by atoms with Crippen molar-refractivity contribution in [1.29, 1.82) is 0 Å². The molecule has 1 fully saturated rings. The van der Waals surface area contributed by atoms with Crippen LogP contribution in [0.1, 0.15) is 52.9 Å². The lowest BCUT2D eigenvalue weighted by atomic mass is 9.92. The zero-order valence-electron chi connectivity index (χ0n) is 11.8. The van der Waals surface area contributed by atoms with Crippen LogP contribution in [0.2, 0.25) is 0 Å². The third-order valence-electron chi connectivity index (χ3n) is 4.51. The molecule has 5 nitrogen and oxygen atoms in total. The van der Waals surface area contributed by atoms with E-state index in [9.17, 15) is 4.79 Å². The highest BCUT2D eigenvalue weighted by atomic mass is 16.5. The Bertz CT molecular complexity index is 694. The fourth-order valence-corrected chi connectivity index (χ4v) is 3.55. The third-order valence-corrected chi connectivity index (χ3v) is 4.51. The number of fused-ring (bicyclic) bond motifs is 3. The van der Waals surface area contributed by atoms with Crippen molar-refractivity contribution in [2.24, 2.45) is 5.92 Å². The minimum atomic E-state index is -0.541. The molecule has 21 heavy (non-hydrogen) atoms. The molecule has 108 valence electrons. The maximum Gasteiger partial charge on any atom is 0.396 e. The minimum Gasteiger partial charge on any atom is -0.459 e. The number of nitrogens with zero attached hydrogens (tertiary/aromatic N) is 2. The number of aryl methyl sites for hydroxylation is 1. The van der Waals surface area contributed by atoms with Gasteiger partial charge in [-0.2, -0.15) is 0 Å². The quantitative estimate of drug-likeness (QED) is 0.811. The van der Waals surface area contributed by atoms with Gasteiger partial charge in [-0.15, -0.1) is 10.2 Å². The summed E-state index contributed by atoms with van der Waals surface area (Å²) in [5, 5.41) is 7.88. The zero-order chi connectivity index (χ0) is 14.4. The normalized spacial score (nSPS) is 25.9. The summed E-state index contributed by atoms with van der Waals surface area (Å²) in [4.78, 5) is 11.6. The van der Waals surface area contributed by atoms with Crippen LogP contribution in [0.25, 0.3) is 0 Å². The lowest BCUT2D eigenvalue weighted by Crippen LogP contribution is -2.04. The van der Waals surface area contributed by atoms with E-state index < -0.39 is 5.97 Å². The summed E-state index contributed by atoms with van der Waals surface area (Å²) in [6.07, 6.45) is 2.25. The van der Waals surface area contributed by atoms with Gasteiger partial charge in [-0.3, -0.25) is 0 Å². The molecule has 0 spiro atoms. The number of ether oxygens (including phenoxy) is 1. The van der Waals surface area contributed by atoms with Gasteiger partial charge in [0, 0.05) is 5.92 Å². The molecule has 5 heteroatoms. The number of benzene rings is 1. The van der Waals surface area contributed by atoms with E-state index >= 15 is 0 Å². The number of carbonyl (C=O) groups is 1. The molecule has 3 atom stereocenters. The first kappa shape index (κ1) is 12.6. The van der Waals surface area contributed by atoms with Crippen molar-refractivity contribution < 1.29 is 13.9 Å². The first-order valence-corrected chi connectivity index (χ1v) is 7.38. The molecular weight excluding hydrogens is 268 g/mol. The van der Waals surface area contributed by atoms with E-state index in [1.165, 1.54) is 11.1 Å². The topological polar surface area (TPSA) is 65.2 Å². The van der Waals surface area contributed by atoms with Gasteiger partial charge in [0.2, 0.25) is 5.89 Å². The van der Waals surface area contributed by atoms with E-state index in [0.717, 1.165) is 12.8 Å². The standard InChI is InChI=1S/C16H16N2O3/c1-2-20-16(19)15-18-17-14(21-15)13-11-8-7-9-5-3-4-6-10(9)12(11)13/h3-6,11-13H,2,7-8H2,1H3. The lowest BCUT2D eigenvalue weighted by molar-refractivity contribution is 0.0478. The second-order valence-electron chi connectivity index (χ2n) is 5.62. The molecule has 0 amide bonds. The minimum absolute atomic E-state index is 0.0382. The molecule has 1 aromatic carbocycles. The summed E-state index contributed by atoms with van der Waals surface area (Å²) in [6.45, 7) is 2.06. The van der Waals surface area contributed by atoms with Gasteiger partial charge in [0.05, 0.1) is 6.61 Å². The maximum absolute atomic E-state index is 11.6. The average molecular weight is 284 g/mol. The Labute approximate surface area is 122 Å². The van der Waals surface area contributed by atoms with Crippen LogP contribution in [0.4, 0.5) is 0 Å². The molecule has 0 bridgehead atoms. The number of carbonyl (C=O) groups excluding carboxylic acids is 1. The van der Waals surface area contributed by atoms with Crippen molar-refractivity contribution in [3.8, 4) is 0 Å². The molecule has 1 saturated carbocycles. The average Bonchev–Trinajstić information content (AvgIpc) is 3.05. The molecule has 1 heterocycles. The van der Waals surface area contributed by atoms with Crippen molar-refractivity contribution in [1.82, 2.24) is 10.2 Å². The summed E-state index contributed by atoms with van der Waals surface area (Å²) >= 11 is 0. The van der Waals surface area contributed by atoms with Crippen molar-refractivity contribution in [3.05, 3.63) is 47.2 Å². The van der Waals surface area contributed by atoms with E-state index in [0.29, 0.717) is 24.3 Å². The number of hydrogen-bond acceptors (Lipinski definition) is 5. The van der Waals surface area contributed by atoms with Crippen LogP contribution >= 0.6 is 0 Å². The van der Waals surface area contributed by atoms with E-state index in [1.54, 1.807) is 6.92 Å². The highest BCUT2D eigenvalue weighted by Crippen LogP contribution is 2.64. The lowest BCUT2D eigenvalue weighted by Gasteiger charge is -2.13. The van der Waals surface area contributed by atoms with Gasteiger partial charge in [0.15, 0.2) is 0 Å². The molecule has 3 unspecified atom stereocenters. The predicted molar refractivity (Wildman–Crippen MR) is 74.0 cm³/mol. The summed E-state index contributed by atoms with van der Waals surface area (Å²) in [5.74, 6) is 1.28. The van der Waals surface area contributed by atoms with Crippen LogP contribution in [-0.2, 0) is 11.2 Å². The second-order valence-corrected chi connectivity index (χ2v) is 5.62. The maximum atomic E-state index is 11.6. The molecule has 2 aromatic rings. The molecule has 4 rings (SSSR count). The van der Waals surface area contributed by atoms with Crippen molar-refractivity contribution >= 4 is 5.97 Å². The zero-order valence-corrected chi connectivity index (χ0v) is 11.8. The Kier molecular flexibility index (Phi) is 2.80. The Hall–Kier alpha value is -2.17. The van der Waals surface area contributed by atoms with Crippen LogP contribution in [0.15, 0.2) is 28.7 Å². The fraction of sp³-hybridized carbons (Fsp3) is 0.438. The molecule has 0 aliphatic heterocycles. The Balaban J connectivity index is 1.59. The molecule has 1 aromatic heterocycles. The first-order valence-electron chi connectivity index (χ1n) is 7.38. The molecule has 0 saturated heterocycles. The Morgan fingerprint density at radius 3 is 3.05 bits per heavy atom. The summed E-state index contributed by atoms with van der Waals surface area (Å²) in [7, 11) is 0. The van der Waals surface area contributed by atoms with E-state index in [4.69, 9.17) is 9.15 Å². The van der Waals surface area contributed by atoms with Crippen LogP contribution < -0.4 is 0 Å². The van der Waals surface area contributed by atoms with Crippen molar-refractivity contribution in [2.75, 3.05) is 6.61 Å². The van der Waals surface area contributed by atoms with Gasteiger partial charge in [-0.1, -0.05) is 24.3 Å². The Morgan fingerprint density at radius 1 is 1.33 bits per heavy atom. The molecule has 2 aliphatic carbocycles. The number of rotatable bonds is 3.